The summed E-state index contributed by atoms with van der Waals surface area (Å²) < 4.78 is 7.21. The molecule has 160 valence electrons. The molecule has 1 aliphatic rings. The summed E-state index contributed by atoms with van der Waals surface area (Å²) in [4.78, 5) is 11.0. The number of rotatable bonds is 8. The third-order valence-corrected chi connectivity index (χ3v) is 6.28. The van der Waals surface area contributed by atoms with Crippen LogP contribution in [0.25, 0.3) is 10.2 Å². The first kappa shape index (κ1) is 21.1. The highest BCUT2D eigenvalue weighted by molar-refractivity contribution is 7.18. The fourth-order valence-corrected chi connectivity index (χ4v) is 4.69. The Morgan fingerprint density at radius 3 is 2.84 bits per heavy atom. The van der Waals surface area contributed by atoms with Gasteiger partial charge >= 0.3 is 0 Å². The van der Waals surface area contributed by atoms with Crippen LogP contribution in [0.15, 0.2) is 77.9 Å². The second kappa shape index (κ2) is 9.76. The van der Waals surface area contributed by atoms with Crippen molar-refractivity contribution < 1.29 is 9.84 Å². The molecule has 3 aromatic rings. The van der Waals surface area contributed by atoms with E-state index in [0.29, 0.717) is 17.5 Å². The molecule has 0 unspecified atom stereocenters. The van der Waals surface area contributed by atoms with Gasteiger partial charge in [0.2, 0.25) is 0 Å². The normalized spacial score (nSPS) is 17.3. The Labute approximate surface area is 186 Å². The molecule has 2 heterocycles. The van der Waals surface area contributed by atoms with Crippen molar-refractivity contribution in [3.63, 3.8) is 0 Å². The monoisotopic (exact) mass is 434 g/mol. The van der Waals surface area contributed by atoms with Crippen LogP contribution >= 0.6 is 11.3 Å². The number of aromatic nitrogens is 1. The Morgan fingerprint density at radius 2 is 2.10 bits per heavy atom. The van der Waals surface area contributed by atoms with Gasteiger partial charge in [-0.1, -0.05) is 36.9 Å². The summed E-state index contributed by atoms with van der Waals surface area (Å²) in [7, 11) is 0. The molecule has 1 fully saturated rings. The molecule has 1 aliphatic heterocycles. The van der Waals surface area contributed by atoms with Crippen LogP contribution in [-0.2, 0) is 6.42 Å². The van der Waals surface area contributed by atoms with Gasteiger partial charge < -0.3 is 20.5 Å². The van der Waals surface area contributed by atoms with Crippen molar-refractivity contribution in [2.75, 3.05) is 13.2 Å². The first-order valence-electron chi connectivity index (χ1n) is 10.3. The maximum absolute atomic E-state index is 9.61. The Morgan fingerprint density at radius 1 is 1.29 bits per heavy atom. The molecule has 1 atom stereocenters. The van der Waals surface area contributed by atoms with E-state index in [0.717, 1.165) is 41.9 Å². The summed E-state index contributed by atoms with van der Waals surface area (Å²) in [5, 5.41) is 10.7. The fraction of sp³-hybridized carbons (Fsp3) is 0.250. The van der Waals surface area contributed by atoms with E-state index in [4.69, 9.17) is 15.5 Å². The van der Waals surface area contributed by atoms with Gasteiger partial charge in [-0.2, -0.15) is 0 Å². The largest absolute Gasteiger partial charge is 0.436 e. The summed E-state index contributed by atoms with van der Waals surface area (Å²) >= 11 is 1.72. The molecule has 6 nitrogen and oxygen atoms in total. The lowest BCUT2D eigenvalue weighted by molar-refractivity contribution is 0.179. The number of nitrogens with two attached hydrogens (primary N) is 1. The number of aliphatic hydroxyl groups is 1. The molecule has 0 saturated carbocycles. The van der Waals surface area contributed by atoms with Crippen molar-refractivity contribution in [2.24, 2.45) is 10.7 Å². The molecule has 31 heavy (non-hydrogen) atoms. The van der Waals surface area contributed by atoms with Gasteiger partial charge in [-0.3, -0.25) is 0 Å². The zero-order valence-corrected chi connectivity index (χ0v) is 18.1. The van der Waals surface area contributed by atoms with E-state index >= 15 is 0 Å². The lowest BCUT2D eigenvalue weighted by atomic mass is 10.1. The van der Waals surface area contributed by atoms with Crippen LogP contribution in [0.4, 0.5) is 0 Å². The molecule has 1 aromatic heterocycles. The first-order chi connectivity index (χ1) is 15.2. The van der Waals surface area contributed by atoms with E-state index in [1.54, 1.807) is 23.6 Å². The molecule has 4 rings (SSSR count). The summed E-state index contributed by atoms with van der Waals surface area (Å²) in [5.41, 5.74) is 8.55. The highest BCUT2D eigenvalue weighted by Gasteiger charge is 2.27. The van der Waals surface area contributed by atoms with E-state index < -0.39 is 0 Å². The third kappa shape index (κ3) is 4.95. The van der Waals surface area contributed by atoms with Crippen LogP contribution in [0.3, 0.4) is 0 Å². The van der Waals surface area contributed by atoms with E-state index in [1.807, 2.05) is 47.4 Å². The molecule has 0 amide bonds. The summed E-state index contributed by atoms with van der Waals surface area (Å²) in [6.45, 7) is 4.50. The Balaban J connectivity index is 1.50. The quantitative estimate of drug-likeness (QED) is 0.413. The molecule has 3 N–H and O–H groups in total. The van der Waals surface area contributed by atoms with E-state index in [9.17, 15) is 5.11 Å². The molecular formula is C24H26N4O2S. The van der Waals surface area contributed by atoms with Gasteiger partial charge in [0.15, 0.2) is 5.82 Å². The second-order valence-electron chi connectivity index (χ2n) is 7.37. The van der Waals surface area contributed by atoms with Gasteiger partial charge in [-0.05, 0) is 42.7 Å². The maximum Gasteiger partial charge on any atom is 0.260 e. The molecule has 0 radical (unpaired) electrons. The number of aliphatic hydroxyl groups excluding tert-OH is 1. The highest BCUT2D eigenvalue weighted by Crippen LogP contribution is 2.26. The lowest BCUT2D eigenvalue weighted by Crippen LogP contribution is -2.36. The third-order valence-electron chi connectivity index (χ3n) is 5.25. The molecule has 7 heteroatoms. The average Bonchev–Trinajstić information content (AvgIpc) is 3.43. The van der Waals surface area contributed by atoms with E-state index in [1.165, 1.54) is 4.70 Å². The Hall–Kier alpha value is -3.16. The number of benzene rings is 2. The zero-order chi connectivity index (χ0) is 21.6. The van der Waals surface area contributed by atoms with Crippen LogP contribution in [0, 0.1) is 0 Å². The first-order valence-corrected chi connectivity index (χ1v) is 11.1. The van der Waals surface area contributed by atoms with Crippen molar-refractivity contribution in [2.45, 2.75) is 25.3 Å². The number of ether oxygens (including phenoxy) is 1. The molecule has 1 saturated heterocycles. The van der Waals surface area contributed by atoms with Gasteiger partial charge in [-0.15, -0.1) is 11.3 Å². The minimum absolute atomic E-state index is 0.00582. The van der Waals surface area contributed by atoms with Crippen LogP contribution in [0.2, 0.25) is 0 Å². The van der Waals surface area contributed by atoms with Gasteiger partial charge in [0.1, 0.15) is 5.75 Å². The van der Waals surface area contributed by atoms with Gasteiger partial charge in [-0.25, -0.2) is 9.98 Å². The lowest BCUT2D eigenvalue weighted by Gasteiger charge is -2.26. The molecule has 2 aromatic carbocycles. The number of thiazole rings is 1. The summed E-state index contributed by atoms with van der Waals surface area (Å²) in [6, 6.07) is 16.0. The Bertz CT molecular complexity index is 1070. The zero-order valence-electron chi connectivity index (χ0n) is 17.3. The van der Waals surface area contributed by atoms with E-state index in [2.05, 4.69) is 17.6 Å². The van der Waals surface area contributed by atoms with Crippen LogP contribution in [0.5, 0.6) is 5.75 Å². The van der Waals surface area contributed by atoms with E-state index in [-0.39, 0.29) is 12.6 Å². The van der Waals surface area contributed by atoms with Crippen LogP contribution < -0.4 is 10.5 Å². The van der Waals surface area contributed by atoms with Crippen molar-refractivity contribution in [3.8, 4) is 5.75 Å². The van der Waals surface area contributed by atoms with Crippen molar-refractivity contribution in [3.05, 3.63) is 83.5 Å². The number of fused-ring (bicyclic) bond motifs is 1. The van der Waals surface area contributed by atoms with Crippen LogP contribution in [-0.4, -0.2) is 40.4 Å². The Kier molecular flexibility index (Phi) is 6.64. The minimum Gasteiger partial charge on any atom is -0.436 e. The molecular weight excluding hydrogens is 408 g/mol. The predicted molar refractivity (Wildman–Crippen MR) is 126 cm³/mol. The molecule has 0 bridgehead atoms. The second-order valence-corrected chi connectivity index (χ2v) is 8.49. The number of nitrogens with zero attached hydrogens (tertiary/aromatic N) is 3. The van der Waals surface area contributed by atoms with Gasteiger partial charge in [0.05, 0.1) is 27.9 Å². The number of likely N-dealkylation sites (tertiary alicyclic amines) is 1. The summed E-state index contributed by atoms with van der Waals surface area (Å²) in [6.07, 6.45) is 5.77. The number of hydrogen-bond acceptors (Lipinski definition) is 7. The minimum atomic E-state index is -0.00582. The van der Waals surface area contributed by atoms with Crippen molar-refractivity contribution in [1.82, 2.24) is 9.88 Å². The molecule has 0 aliphatic carbocycles. The van der Waals surface area contributed by atoms with Crippen molar-refractivity contribution >= 4 is 27.8 Å². The number of allylic oxidation sites excluding steroid dienone is 1. The fourth-order valence-electron chi connectivity index (χ4n) is 3.69. The standard InChI is InChI=1S/C24H26N4O2S/c1-2-13-26-24(23(25)28-14-5-6-18(28)16-29)30-19-11-9-17(10-12-19)15-22-27-20-7-3-4-8-21(20)31-22/h2-4,7-13,18,29H,1,5-6,14-16,25H2/b24-23-,26-13-/t18-/m0/s1. The number of hydrogen-bond donors (Lipinski definition) is 2. The SMILES string of the molecule is C=C/C=N\C(Oc1ccc(Cc2nc3ccccc3s2)cc1)=C(/N)N1CCC[C@H]1CO. The van der Waals surface area contributed by atoms with Crippen LogP contribution in [0.1, 0.15) is 23.4 Å². The highest BCUT2D eigenvalue weighted by atomic mass is 32.1. The molecule has 0 spiro atoms. The van der Waals surface area contributed by atoms with Crippen molar-refractivity contribution in [1.29, 1.82) is 0 Å². The predicted octanol–water partition coefficient (Wildman–Crippen LogP) is 4.06. The smallest absolute Gasteiger partial charge is 0.260 e. The topological polar surface area (TPSA) is 84.0 Å². The van der Waals surface area contributed by atoms with Gasteiger partial charge in [0.25, 0.3) is 5.88 Å². The maximum atomic E-state index is 9.61. The number of aliphatic imine (C=N–C) groups is 1. The van der Waals surface area contributed by atoms with Gasteiger partial charge in [0, 0.05) is 19.2 Å². The number of para-hydroxylation sites is 1. The average molecular weight is 435 g/mol. The summed E-state index contributed by atoms with van der Waals surface area (Å²) in [5.74, 6) is 1.37.